The van der Waals surface area contributed by atoms with Gasteiger partial charge in [0.2, 0.25) is 11.8 Å². The van der Waals surface area contributed by atoms with E-state index in [0.29, 0.717) is 41.6 Å². The average Bonchev–Trinajstić information content (AvgIpc) is 2.93. The summed E-state index contributed by atoms with van der Waals surface area (Å²) in [6, 6.07) is 19.2. The molecule has 40 heavy (non-hydrogen) atoms. The quantitative estimate of drug-likeness (QED) is 0.298. The van der Waals surface area contributed by atoms with Gasteiger partial charge in [0.1, 0.15) is 18.3 Å². The van der Waals surface area contributed by atoms with Crippen LogP contribution in [0.5, 0.6) is 5.75 Å². The van der Waals surface area contributed by atoms with Gasteiger partial charge in [-0.1, -0.05) is 54.4 Å². The van der Waals surface area contributed by atoms with Crippen LogP contribution in [0.3, 0.4) is 0 Å². The summed E-state index contributed by atoms with van der Waals surface area (Å²) in [7, 11) is -4.15. The molecule has 0 unspecified atom stereocenters. The molecule has 0 radical (unpaired) electrons. The van der Waals surface area contributed by atoms with Crippen molar-refractivity contribution in [3.8, 4) is 5.75 Å². The maximum Gasteiger partial charge on any atom is 0.264 e. The first-order chi connectivity index (χ1) is 19.1. The summed E-state index contributed by atoms with van der Waals surface area (Å²) in [6.07, 6.45) is 0.329. The molecule has 3 aromatic rings. The number of hydrogen-bond donors (Lipinski definition) is 1. The Bertz CT molecular complexity index is 1400. The highest BCUT2D eigenvalue weighted by Gasteiger charge is 2.33. The van der Waals surface area contributed by atoms with E-state index in [9.17, 15) is 18.0 Å². The maximum absolute atomic E-state index is 14.0. The average molecular weight is 586 g/mol. The Morgan fingerprint density at radius 1 is 0.950 bits per heavy atom. The zero-order chi connectivity index (χ0) is 29.3. The van der Waals surface area contributed by atoms with Crippen molar-refractivity contribution in [3.05, 3.63) is 88.9 Å². The Kier molecular flexibility index (Phi) is 11.0. The fraction of sp³-hybridized carbons (Fsp3) is 0.333. The maximum atomic E-state index is 14.0. The van der Waals surface area contributed by atoms with Gasteiger partial charge >= 0.3 is 0 Å². The molecule has 0 heterocycles. The van der Waals surface area contributed by atoms with Crippen molar-refractivity contribution in [1.29, 1.82) is 0 Å². The van der Waals surface area contributed by atoms with E-state index in [1.54, 1.807) is 74.5 Å². The Morgan fingerprint density at radius 3 is 2.17 bits per heavy atom. The van der Waals surface area contributed by atoms with E-state index in [-0.39, 0.29) is 17.3 Å². The van der Waals surface area contributed by atoms with Gasteiger partial charge in [-0.25, -0.2) is 8.42 Å². The van der Waals surface area contributed by atoms with E-state index in [1.807, 2.05) is 13.8 Å². The third-order valence-corrected chi connectivity index (χ3v) is 8.52. The van der Waals surface area contributed by atoms with Crippen LogP contribution in [-0.2, 0) is 26.2 Å². The lowest BCUT2D eigenvalue weighted by atomic mass is 10.1. The van der Waals surface area contributed by atoms with Crippen LogP contribution >= 0.6 is 11.6 Å². The van der Waals surface area contributed by atoms with Gasteiger partial charge in [0, 0.05) is 18.1 Å². The number of benzene rings is 3. The number of aryl methyl sites for hydroxylation is 1. The molecule has 0 fully saturated rings. The number of anilines is 1. The highest BCUT2D eigenvalue weighted by atomic mass is 35.5. The molecule has 0 saturated carbocycles. The molecule has 0 saturated heterocycles. The van der Waals surface area contributed by atoms with Crippen LogP contribution in [0.15, 0.2) is 77.7 Å². The van der Waals surface area contributed by atoms with Crippen molar-refractivity contribution in [2.75, 3.05) is 24.0 Å². The third kappa shape index (κ3) is 7.55. The number of halogens is 1. The zero-order valence-corrected chi connectivity index (χ0v) is 24.8. The van der Waals surface area contributed by atoms with Crippen LogP contribution in [0.2, 0.25) is 5.02 Å². The van der Waals surface area contributed by atoms with Crippen LogP contribution in [0.1, 0.15) is 38.3 Å². The SMILES string of the molecule is CCNC(=O)[C@H](CC)N(Cc1ccccc1Cl)C(=O)CN(c1ccc(OCC)cc1)S(=O)(=O)c1ccc(C)cc1. The number of carbonyl (C=O) groups is 2. The first-order valence-electron chi connectivity index (χ1n) is 13.2. The minimum atomic E-state index is -4.15. The smallest absolute Gasteiger partial charge is 0.264 e. The Morgan fingerprint density at radius 2 is 1.60 bits per heavy atom. The number of rotatable bonds is 13. The molecule has 0 aliphatic heterocycles. The number of nitrogens with one attached hydrogen (secondary N) is 1. The predicted molar refractivity (Wildman–Crippen MR) is 158 cm³/mol. The molecule has 8 nitrogen and oxygen atoms in total. The number of likely N-dealkylation sites (N-methyl/N-ethyl adjacent to an activating group) is 1. The Labute approximate surface area is 241 Å². The van der Waals surface area contributed by atoms with E-state index >= 15 is 0 Å². The molecule has 0 bridgehead atoms. The van der Waals surface area contributed by atoms with Gasteiger partial charge < -0.3 is 15.0 Å². The van der Waals surface area contributed by atoms with Gasteiger partial charge in [0.25, 0.3) is 10.0 Å². The molecule has 0 aliphatic rings. The normalized spacial score (nSPS) is 11.9. The van der Waals surface area contributed by atoms with Gasteiger partial charge in [-0.3, -0.25) is 13.9 Å². The second-order valence-corrected chi connectivity index (χ2v) is 11.5. The predicted octanol–water partition coefficient (Wildman–Crippen LogP) is 5.19. The summed E-state index contributed by atoms with van der Waals surface area (Å²) in [6.45, 7) is 7.69. The molecule has 2 amide bonds. The first kappa shape index (κ1) is 31.0. The lowest BCUT2D eigenvalue weighted by molar-refractivity contribution is -0.140. The van der Waals surface area contributed by atoms with Crippen molar-refractivity contribution in [3.63, 3.8) is 0 Å². The Hall–Kier alpha value is -3.56. The highest BCUT2D eigenvalue weighted by molar-refractivity contribution is 7.92. The summed E-state index contributed by atoms with van der Waals surface area (Å²) < 4.78 is 34.4. The minimum absolute atomic E-state index is 0.0375. The third-order valence-electron chi connectivity index (χ3n) is 6.36. The number of hydrogen-bond acceptors (Lipinski definition) is 5. The van der Waals surface area contributed by atoms with E-state index in [4.69, 9.17) is 16.3 Å². The van der Waals surface area contributed by atoms with E-state index in [2.05, 4.69) is 5.32 Å². The number of amides is 2. The summed E-state index contributed by atoms with van der Waals surface area (Å²) in [5, 5.41) is 3.23. The molecule has 0 aliphatic carbocycles. The number of carbonyl (C=O) groups excluding carboxylic acids is 2. The van der Waals surface area contributed by atoms with Crippen molar-refractivity contribution in [1.82, 2.24) is 10.2 Å². The van der Waals surface area contributed by atoms with E-state index in [1.165, 1.54) is 17.0 Å². The molecule has 0 spiro atoms. The second kappa shape index (κ2) is 14.2. The molecule has 10 heteroatoms. The number of nitrogens with zero attached hydrogens (tertiary/aromatic N) is 2. The second-order valence-electron chi connectivity index (χ2n) is 9.18. The van der Waals surface area contributed by atoms with Crippen LogP contribution in [0.4, 0.5) is 5.69 Å². The first-order valence-corrected chi connectivity index (χ1v) is 15.1. The molecule has 1 atom stereocenters. The molecular formula is C30H36ClN3O5S. The van der Waals surface area contributed by atoms with Crippen LogP contribution in [0.25, 0.3) is 0 Å². The van der Waals surface area contributed by atoms with Crippen molar-refractivity contribution in [2.24, 2.45) is 0 Å². The lowest BCUT2D eigenvalue weighted by Gasteiger charge is -2.33. The van der Waals surface area contributed by atoms with Gasteiger partial charge in [0.15, 0.2) is 0 Å². The fourth-order valence-electron chi connectivity index (χ4n) is 4.26. The van der Waals surface area contributed by atoms with Crippen LogP contribution in [-0.4, -0.2) is 50.9 Å². The van der Waals surface area contributed by atoms with Crippen molar-refractivity contribution in [2.45, 2.75) is 51.6 Å². The van der Waals surface area contributed by atoms with Gasteiger partial charge in [-0.05, 0) is 75.2 Å². The van der Waals surface area contributed by atoms with Crippen molar-refractivity contribution >= 4 is 39.1 Å². The Balaban J connectivity index is 2.07. The summed E-state index contributed by atoms with van der Waals surface area (Å²) in [5.74, 6) is -0.283. The van der Waals surface area contributed by atoms with Gasteiger partial charge in [-0.15, -0.1) is 0 Å². The monoisotopic (exact) mass is 585 g/mol. The molecule has 3 aromatic carbocycles. The zero-order valence-electron chi connectivity index (χ0n) is 23.3. The van der Waals surface area contributed by atoms with E-state index < -0.39 is 28.5 Å². The van der Waals surface area contributed by atoms with Crippen molar-refractivity contribution < 1.29 is 22.7 Å². The standard InChI is InChI=1S/C30H36ClN3O5S/c1-5-28(30(36)32-6-2)33(20-23-10-8-9-11-27(23)31)29(35)21-34(24-14-16-25(17-15-24)39-7-3)40(37,38)26-18-12-22(4)13-19-26/h8-19,28H,5-7,20-21H2,1-4H3,(H,32,36)/t28-/m0/s1. The van der Waals surface area contributed by atoms with E-state index in [0.717, 1.165) is 9.87 Å². The van der Waals surface area contributed by atoms with Crippen LogP contribution < -0.4 is 14.4 Å². The molecular weight excluding hydrogens is 550 g/mol. The van der Waals surface area contributed by atoms with Crippen LogP contribution in [0, 0.1) is 6.92 Å². The molecule has 3 rings (SSSR count). The number of sulfonamides is 1. The summed E-state index contributed by atoms with van der Waals surface area (Å²) >= 11 is 6.41. The van der Waals surface area contributed by atoms with Gasteiger partial charge in [-0.2, -0.15) is 0 Å². The molecule has 1 N–H and O–H groups in total. The van der Waals surface area contributed by atoms with Gasteiger partial charge in [0.05, 0.1) is 17.2 Å². The minimum Gasteiger partial charge on any atom is -0.494 e. The molecule has 0 aromatic heterocycles. The lowest BCUT2D eigenvalue weighted by Crippen LogP contribution is -2.52. The topological polar surface area (TPSA) is 96.0 Å². The summed E-state index contributed by atoms with van der Waals surface area (Å²) in [4.78, 5) is 28.5. The fourth-order valence-corrected chi connectivity index (χ4v) is 5.87. The largest absolute Gasteiger partial charge is 0.494 e. The number of ether oxygens (including phenoxy) is 1. The summed E-state index contributed by atoms with van der Waals surface area (Å²) in [5.41, 5.74) is 1.84. The highest BCUT2D eigenvalue weighted by Crippen LogP contribution is 2.27. The molecule has 214 valence electrons.